The number of nitrogens with zero attached hydrogens (tertiary/aromatic N) is 1. The van der Waals surface area contributed by atoms with Gasteiger partial charge >= 0.3 is 0 Å². The maximum Gasteiger partial charge on any atom is 0.159 e. The molecule has 2 aliphatic rings. The molecular formula is C16H29NO2. The molecule has 3 heteroatoms. The SMILES string of the molecule is CN(C)C1(C(=O)C2CC(C)(C)OC2(C)C)CCCC1. The third kappa shape index (κ3) is 2.47. The molecule has 0 aromatic heterocycles. The minimum absolute atomic E-state index is 0.0167. The van der Waals surface area contributed by atoms with Gasteiger partial charge in [-0.15, -0.1) is 0 Å². The fourth-order valence-electron chi connectivity index (χ4n) is 4.17. The zero-order chi connectivity index (χ0) is 14.5. The molecule has 2 fully saturated rings. The lowest BCUT2D eigenvalue weighted by molar-refractivity contribution is -0.140. The van der Waals surface area contributed by atoms with E-state index in [1.54, 1.807) is 0 Å². The number of carbonyl (C=O) groups is 1. The van der Waals surface area contributed by atoms with E-state index in [0.29, 0.717) is 5.78 Å². The van der Waals surface area contributed by atoms with Gasteiger partial charge in [-0.05, 0) is 61.1 Å². The average molecular weight is 267 g/mol. The summed E-state index contributed by atoms with van der Waals surface area (Å²) in [4.78, 5) is 15.3. The molecule has 2 rings (SSSR count). The standard InChI is InChI=1S/C16H29NO2/c1-14(2)11-12(15(3,4)19-14)13(18)16(17(5)6)9-7-8-10-16/h12H,7-11H2,1-6H3. The minimum Gasteiger partial charge on any atom is -0.369 e. The first kappa shape index (κ1) is 15.0. The van der Waals surface area contributed by atoms with Gasteiger partial charge in [0.2, 0.25) is 0 Å². The summed E-state index contributed by atoms with van der Waals surface area (Å²) in [5, 5.41) is 0. The zero-order valence-corrected chi connectivity index (χ0v) is 13.4. The highest BCUT2D eigenvalue weighted by Gasteiger charge is 2.55. The molecule has 1 atom stereocenters. The Balaban J connectivity index is 2.28. The van der Waals surface area contributed by atoms with Crippen molar-refractivity contribution in [3.8, 4) is 0 Å². The van der Waals surface area contributed by atoms with E-state index in [1.165, 1.54) is 12.8 Å². The van der Waals surface area contributed by atoms with Gasteiger partial charge in [0, 0.05) is 0 Å². The van der Waals surface area contributed by atoms with E-state index >= 15 is 0 Å². The summed E-state index contributed by atoms with van der Waals surface area (Å²) < 4.78 is 6.11. The van der Waals surface area contributed by atoms with Crippen molar-refractivity contribution in [2.75, 3.05) is 14.1 Å². The van der Waals surface area contributed by atoms with Crippen LogP contribution in [-0.4, -0.2) is 41.5 Å². The molecule has 3 nitrogen and oxygen atoms in total. The number of carbonyl (C=O) groups excluding carboxylic acids is 1. The van der Waals surface area contributed by atoms with Crippen LogP contribution in [0.25, 0.3) is 0 Å². The first-order valence-corrected chi connectivity index (χ1v) is 7.53. The summed E-state index contributed by atoms with van der Waals surface area (Å²) in [5.74, 6) is 0.425. The molecule has 0 bridgehead atoms. The number of hydrogen-bond acceptors (Lipinski definition) is 3. The summed E-state index contributed by atoms with van der Waals surface area (Å²) in [6.07, 6.45) is 5.19. The zero-order valence-electron chi connectivity index (χ0n) is 13.4. The lowest BCUT2D eigenvalue weighted by Gasteiger charge is -2.39. The van der Waals surface area contributed by atoms with Crippen LogP contribution < -0.4 is 0 Å². The fourth-order valence-corrected chi connectivity index (χ4v) is 4.17. The van der Waals surface area contributed by atoms with Crippen LogP contribution in [0.2, 0.25) is 0 Å². The van der Waals surface area contributed by atoms with Gasteiger partial charge in [-0.1, -0.05) is 12.8 Å². The van der Waals surface area contributed by atoms with E-state index in [1.807, 2.05) is 0 Å². The summed E-state index contributed by atoms with van der Waals surface area (Å²) in [5.41, 5.74) is -0.770. The second-order valence-electron chi connectivity index (χ2n) is 7.72. The van der Waals surface area contributed by atoms with E-state index in [2.05, 4.69) is 46.7 Å². The van der Waals surface area contributed by atoms with Crippen molar-refractivity contribution in [3.05, 3.63) is 0 Å². The van der Waals surface area contributed by atoms with E-state index in [4.69, 9.17) is 4.74 Å². The highest BCUT2D eigenvalue weighted by atomic mass is 16.5. The number of likely N-dealkylation sites (N-methyl/N-ethyl adjacent to an activating group) is 1. The van der Waals surface area contributed by atoms with Crippen molar-refractivity contribution in [2.45, 2.75) is 76.5 Å². The second-order valence-corrected chi connectivity index (χ2v) is 7.72. The first-order chi connectivity index (χ1) is 8.61. The third-order valence-corrected chi connectivity index (χ3v) is 5.14. The number of rotatable bonds is 3. The molecule has 1 saturated carbocycles. The Morgan fingerprint density at radius 3 is 2.00 bits per heavy atom. The topological polar surface area (TPSA) is 29.5 Å². The number of ketones is 1. The van der Waals surface area contributed by atoms with Crippen LogP contribution in [0.15, 0.2) is 0 Å². The summed E-state index contributed by atoms with van der Waals surface area (Å²) in [6.45, 7) is 8.34. The van der Waals surface area contributed by atoms with Crippen LogP contribution in [0, 0.1) is 5.92 Å². The summed E-state index contributed by atoms with van der Waals surface area (Å²) in [7, 11) is 4.11. The molecule has 1 saturated heterocycles. The van der Waals surface area contributed by atoms with E-state index in [0.717, 1.165) is 19.3 Å². The Labute approximate surface area is 117 Å². The van der Waals surface area contributed by atoms with Crippen molar-refractivity contribution in [1.82, 2.24) is 4.90 Å². The third-order valence-electron chi connectivity index (χ3n) is 5.14. The average Bonchev–Trinajstić information content (AvgIpc) is 2.80. The van der Waals surface area contributed by atoms with Crippen molar-refractivity contribution < 1.29 is 9.53 Å². The van der Waals surface area contributed by atoms with Gasteiger partial charge < -0.3 is 4.74 Å². The molecule has 1 aliphatic heterocycles. The molecule has 0 spiro atoms. The van der Waals surface area contributed by atoms with Crippen LogP contribution >= 0.6 is 0 Å². The van der Waals surface area contributed by atoms with E-state index < -0.39 is 0 Å². The molecule has 0 aromatic rings. The van der Waals surface area contributed by atoms with Gasteiger partial charge in [-0.25, -0.2) is 0 Å². The molecule has 0 amide bonds. The highest BCUT2D eigenvalue weighted by molar-refractivity contribution is 5.92. The molecule has 0 radical (unpaired) electrons. The van der Waals surface area contributed by atoms with Crippen molar-refractivity contribution in [1.29, 1.82) is 0 Å². The number of ether oxygens (including phenoxy) is 1. The van der Waals surface area contributed by atoms with Crippen molar-refractivity contribution >= 4 is 5.78 Å². The molecule has 1 heterocycles. The monoisotopic (exact) mass is 267 g/mol. The van der Waals surface area contributed by atoms with Crippen LogP contribution in [0.3, 0.4) is 0 Å². The molecule has 110 valence electrons. The van der Waals surface area contributed by atoms with Crippen LogP contribution in [0.4, 0.5) is 0 Å². The Bertz CT molecular complexity index is 365. The fraction of sp³-hybridized carbons (Fsp3) is 0.938. The van der Waals surface area contributed by atoms with Crippen molar-refractivity contribution in [3.63, 3.8) is 0 Å². The Hall–Kier alpha value is -0.410. The van der Waals surface area contributed by atoms with Gasteiger partial charge in [-0.2, -0.15) is 0 Å². The quantitative estimate of drug-likeness (QED) is 0.787. The van der Waals surface area contributed by atoms with Crippen molar-refractivity contribution in [2.24, 2.45) is 5.92 Å². The summed E-state index contributed by atoms with van der Waals surface area (Å²) >= 11 is 0. The highest BCUT2D eigenvalue weighted by Crippen LogP contribution is 2.47. The van der Waals surface area contributed by atoms with Gasteiger partial charge in [0.05, 0.1) is 22.7 Å². The molecule has 1 unspecified atom stereocenters. The van der Waals surface area contributed by atoms with E-state index in [-0.39, 0.29) is 22.7 Å². The van der Waals surface area contributed by atoms with Crippen LogP contribution in [-0.2, 0) is 9.53 Å². The molecule has 0 aromatic carbocycles. The Morgan fingerprint density at radius 1 is 1.11 bits per heavy atom. The molecule has 19 heavy (non-hydrogen) atoms. The second kappa shape index (κ2) is 4.56. The smallest absolute Gasteiger partial charge is 0.159 e. The predicted octanol–water partition coefficient (Wildman–Crippen LogP) is 3.02. The van der Waals surface area contributed by atoms with Gasteiger partial charge in [0.25, 0.3) is 0 Å². The van der Waals surface area contributed by atoms with E-state index in [9.17, 15) is 4.79 Å². The largest absolute Gasteiger partial charge is 0.369 e. The number of Topliss-reactive ketones (excluding diaryl/α,β-unsaturated/α-hetero) is 1. The summed E-state index contributed by atoms with van der Waals surface area (Å²) in [6, 6.07) is 0. The van der Waals surface area contributed by atoms with Gasteiger partial charge in [-0.3, -0.25) is 9.69 Å². The molecule has 1 aliphatic carbocycles. The maximum absolute atomic E-state index is 13.2. The molecular weight excluding hydrogens is 238 g/mol. The van der Waals surface area contributed by atoms with Crippen LogP contribution in [0.5, 0.6) is 0 Å². The van der Waals surface area contributed by atoms with Crippen LogP contribution in [0.1, 0.15) is 59.8 Å². The minimum atomic E-state index is -0.341. The van der Waals surface area contributed by atoms with Gasteiger partial charge in [0.1, 0.15) is 0 Å². The number of hydrogen-bond donors (Lipinski definition) is 0. The lowest BCUT2D eigenvalue weighted by Crippen LogP contribution is -2.54. The van der Waals surface area contributed by atoms with Gasteiger partial charge in [0.15, 0.2) is 5.78 Å². The normalized spacial score (nSPS) is 31.8. The maximum atomic E-state index is 13.2. The lowest BCUT2D eigenvalue weighted by atomic mass is 9.75. The Kier molecular flexibility index (Phi) is 3.60. The predicted molar refractivity (Wildman–Crippen MR) is 77.2 cm³/mol. The Morgan fingerprint density at radius 2 is 1.63 bits per heavy atom. The molecule has 0 N–H and O–H groups in total. The first-order valence-electron chi connectivity index (χ1n) is 7.53.